The van der Waals surface area contributed by atoms with Crippen LogP contribution in [-0.2, 0) is 22.8 Å². The summed E-state index contributed by atoms with van der Waals surface area (Å²) >= 11 is 0. The van der Waals surface area contributed by atoms with E-state index in [1.54, 1.807) is 7.11 Å². The zero-order chi connectivity index (χ0) is 40.5. The topological polar surface area (TPSA) is 54.0 Å². The molecule has 0 N–H and O–H groups in total. The van der Waals surface area contributed by atoms with Crippen molar-refractivity contribution in [3.8, 4) is 0 Å². The standard InChI is InChI=1S/C45H76O5Si3/c1-35(25-24-26-39(47-13)34-48-51(14,15)43(4,5)6)31-38(32-46)37(3)42(50-52(16,17)44(7,8)9)36(2)33-49-53(45(10,11)12,40-27-20-18-21-28-40)41-29-22-19-23-30-41/h18-30,32,36-39,42H,31,33-34H2,1-17H3/b26-24+,35-25-/t36-,37+,38-,39-,42-/m1/s1. The third-order valence-electron chi connectivity index (χ3n) is 12.1. The molecule has 0 aliphatic carbocycles. The third kappa shape index (κ3) is 12.5. The highest BCUT2D eigenvalue weighted by Gasteiger charge is 2.51. The van der Waals surface area contributed by atoms with Gasteiger partial charge < -0.3 is 22.8 Å². The maximum atomic E-state index is 12.9. The third-order valence-corrected chi connectivity index (χ3v) is 26.1. The molecule has 0 aliphatic rings. The summed E-state index contributed by atoms with van der Waals surface area (Å²) in [6.07, 6.45) is 7.74. The molecule has 0 amide bonds. The van der Waals surface area contributed by atoms with Gasteiger partial charge in [0.05, 0.1) is 18.8 Å². The molecule has 0 heterocycles. The summed E-state index contributed by atoms with van der Waals surface area (Å²) in [5, 5.41) is 2.57. The van der Waals surface area contributed by atoms with E-state index < -0.39 is 25.0 Å². The van der Waals surface area contributed by atoms with E-state index in [1.807, 2.05) is 0 Å². The molecule has 5 nitrogen and oxygen atoms in total. The highest BCUT2D eigenvalue weighted by molar-refractivity contribution is 6.99. The summed E-state index contributed by atoms with van der Waals surface area (Å²) in [5.41, 5.74) is 1.15. The first-order chi connectivity index (χ1) is 24.3. The van der Waals surface area contributed by atoms with Crippen LogP contribution >= 0.6 is 0 Å². The number of aldehydes is 1. The number of carbonyl (C=O) groups is 1. The number of ether oxygens (including phenoxy) is 1. The van der Waals surface area contributed by atoms with Gasteiger partial charge >= 0.3 is 0 Å². The Balaban J connectivity index is 2.43. The van der Waals surface area contributed by atoms with E-state index >= 15 is 0 Å². The molecule has 0 radical (unpaired) electrons. The predicted octanol–water partition coefficient (Wildman–Crippen LogP) is 11.0. The molecule has 0 aromatic heterocycles. The number of hydrogen-bond donors (Lipinski definition) is 0. The number of methoxy groups -OCH3 is 1. The monoisotopic (exact) mass is 781 g/mol. The lowest BCUT2D eigenvalue weighted by atomic mass is 9.81. The smallest absolute Gasteiger partial charge is 0.261 e. The van der Waals surface area contributed by atoms with Gasteiger partial charge in [-0.3, -0.25) is 0 Å². The second-order valence-electron chi connectivity index (χ2n) is 19.4. The molecular formula is C45H76O5Si3. The van der Waals surface area contributed by atoms with Gasteiger partial charge in [-0.2, -0.15) is 0 Å². The quantitative estimate of drug-likeness (QED) is 0.0807. The molecule has 0 saturated carbocycles. The van der Waals surface area contributed by atoms with Crippen molar-refractivity contribution in [2.75, 3.05) is 20.3 Å². The number of carbonyl (C=O) groups excluding carboxylic acids is 1. The summed E-state index contributed by atoms with van der Waals surface area (Å²) in [7, 11) is -5.11. The van der Waals surface area contributed by atoms with Crippen molar-refractivity contribution in [1.82, 2.24) is 0 Å². The zero-order valence-electron chi connectivity index (χ0n) is 36.6. The Morgan fingerprint density at radius 3 is 1.62 bits per heavy atom. The van der Waals surface area contributed by atoms with Gasteiger partial charge in [0.15, 0.2) is 16.6 Å². The summed E-state index contributed by atoms with van der Waals surface area (Å²) in [4.78, 5) is 12.9. The molecule has 5 atom stereocenters. The van der Waals surface area contributed by atoms with Crippen LogP contribution in [0.2, 0.25) is 41.3 Å². The first kappa shape index (κ1) is 47.2. The molecule has 0 spiro atoms. The van der Waals surface area contributed by atoms with Gasteiger partial charge in [-0.15, -0.1) is 0 Å². The van der Waals surface area contributed by atoms with Crippen molar-refractivity contribution < 1.29 is 22.8 Å². The van der Waals surface area contributed by atoms with Crippen LogP contribution in [0.1, 0.15) is 89.5 Å². The Bertz CT molecular complexity index is 1410. The molecule has 53 heavy (non-hydrogen) atoms. The van der Waals surface area contributed by atoms with E-state index in [9.17, 15) is 4.79 Å². The van der Waals surface area contributed by atoms with Crippen molar-refractivity contribution in [1.29, 1.82) is 0 Å². The van der Waals surface area contributed by atoms with Crippen molar-refractivity contribution in [3.05, 3.63) is 84.5 Å². The normalized spacial score (nSPS) is 17.0. The molecule has 0 aliphatic heterocycles. The molecular weight excluding hydrogens is 705 g/mol. The number of allylic oxidation sites excluding steroid dienone is 3. The average molecular weight is 781 g/mol. The van der Waals surface area contributed by atoms with Gasteiger partial charge in [0.25, 0.3) is 8.32 Å². The fourth-order valence-corrected chi connectivity index (χ4v) is 13.6. The molecule has 8 heteroatoms. The second-order valence-corrected chi connectivity index (χ2v) is 33.3. The van der Waals surface area contributed by atoms with E-state index in [0.717, 1.165) is 11.9 Å². The molecule has 0 bridgehead atoms. The van der Waals surface area contributed by atoms with Crippen molar-refractivity contribution in [2.24, 2.45) is 17.8 Å². The fourth-order valence-electron chi connectivity index (χ4n) is 6.47. The van der Waals surface area contributed by atoms with Gasteiger partial charge in [0.1, 0.15) is 6.29 Å². The number of rotatable bonds is 19. The van der Waals surface area contributed by atoms with E-state index in [1.165, 1.54) is 10.4 Å². The molecule has 2 aromatic rings. The Morgan fingerprint density at radius 2 is 1.21 bits per heavy atom. The predicted molar refractivity (Wildman–Crippen MR) is 235 cm³/mol. The maximum absolute atomic E-state index is 12.9. The number of hydrogen-bond acceptors (Lipinski definition) is 5. The van der Waals surface area contributed by atoms with Crippen LogP contribution in [0.3, 0.4) is 0 Å². The Hall–Kier alpha value is -1.92. The van der Waals surface area contributed by atoms with Gasteiger partial charge in [-0.25, -0.2) is 0 Å². The van der Waals surface area contributed by atoms with E-state index in [4.69, 9.17) is 18.0 Å². The van der Waals surface area contributed by atoms with Gasteiger partial charge in [0, 0.05) is 25.6 Å². The average Bonchev–Trinajstić information content (AvgIpc) is 3.06. The highest BCUT2D eigenvalue weighted by Crippen LogP contribution is 2.42. The fraction of sp³-hybridized carbons (Fsp3) is 0.622. The van der Waals surface area contributed by atoms with Crippen molar-refractivity contribution in [3.63, 3.8) is 0 Å². The van der Waals surface area contributed by atoms with Crippen LogP contribution < -0.4 is 10.4 Å². The SMILES string of the molecule is CO[C@H](/C=C/C=C(/C)C[C@H](C=O)[C@H](C)[C@H](O[Si](C)(C)C(C)(C)C)[C@H](C)CO[Si](c1ccccc1)(c1ccccc1)C(C)(C)C)CO[Si](C)(C)C(C)(C)C. The lowest BCUT2D eigenvalue weighted by Crippen LogP contribution is -2.67. The van der Waals surface area contributed by atoms with Gasteiger partial charge in [0.2, 0.25) is 0 Å². The van der Waals surface area contributed by atoms with Crippen LogP contribution in [0.4, 0.5) is 0 Å². The molecule has 0 unspecified atom stereocenters. The first-order valence-corrected chi connectivity index (χ1v) is 27.5. The maximum Gasteiger partial charge on any atom is 0.261 e. The van der Waals surface area contributed by atoms with Crippen LogP contribution in [0, 0.1) is 17.8 Å². The number of benzene rings is 2. The molecule has 2 rings (SSSR count). The van der Waals surface area contributed by atoms with Crippen LogP contribution in [0.15, 0.2) is 84.5 Å². The Morgan fingerprint density at radius 1 is 0.717 bits per heavy atom. The van der Waals surface area contributed by atoms with Crippen LogP contribution in [0.5, 0.6) is 0 Å². The highest BCUT2D eigenvalue weighted by atomic mass is 28.4. The lowest BCUT2D eigenvalue weighted by molar-refractivity contribution is -0.114. The molecule has 298 valence electrons. The van der Waals surface area contributed by atoms with E-state index in [-0.39, 0.29) is 45.1 Å². The van der Waals surface area contributed by atoms with Gasteiger partial charge in [-0.05, 0) is 70.9 Å². The minimum atomic E-state index is -2.75. The van der Waals surface area contributed by atoms with E-state index in [2.05, 4.69) is 188 Å². The Kier molecular flexibility index (Phi) is 17.2. The summed E-state index contributed by atoms with van der Waals surface area (Å²) in [6, 6.07) is 21.6. The summed E-state index contributed by atoms with van der Waals surface area (Å²) in [5.74, 6) is -0.169. The minimum Gasteiger partial charge on any atom is -0.414 e. The zero-order valence-corrected chi connectivity index (χ0v) is 39.6. The summed E-state index contributed by atoms with van der Waals surface area (Å²) < 4.78 is 26.9. The largest absolute Gasteiger partial charge is 0.414 e. The molecule has 0 saturated heterocycles. The Labute approximate surface area is 328 Å². The first-order valence-electron chi connectivity index (χ1n) is 19.7. The van der Waals surface area contributed by atoms with Crippen LogP contribution in [-0.4, -0.2) is 63.8 Å². The summed E-state index contributed by atoms with van der Waals surface area (Å²) in [6.45, 7) is 37.4. The van der Waals surface area contributed by atoms with E-state index in [0.29, 0.717) is 19.6 Å². The molecule has 2 aromatic carbocycles. The lowest BCUT2D eigenvalue weighted by Gasteiger charge is -2.46. The minimum absolute atomic E-state index is 0.0172. The molecule has 0 fully saturated rings. The van der Waals surface area contributed by atoms with Crippen molar-refractivity contribution >= 4 is 41.6 Å². The van der Waals surface area contributed by atoms with Gasteiger partial charge in [-0.1, -0.05) is 161 Å². The van der Waals surface area contributed by atoms with Crippen molar-refractivity contribution in [2.45, 2.75) is 143 Å². The van der Waals surface area contributed by atoms with Crippen LogP contribution in [0.25, 0.3) is 0 Å². The second kappa shape index (κ2) is 19.3.